The van der Waals surface area contributed by atoms with Crippen LogP contribution < -0.4 is 0 Å². The molecule has 0 aromatic carbocycles. The lowest BCUT2D eigenvalue weighted by Crippen LogP contribution is -2.03. The van der Waals surface area contributed by atoms with E-state index in [0.29, 0.717) is 11.6 Å². The molecule has 0 aliphatic carbocycles. The number of rotatable bonds is 3. The zero-order chi connectivity index (χ0) is 11.7. The van der Waals surface area contributed by atoms with Gasteiger partial charge in [-0.2, -0.15) is 0 Å². The average molecular weight is 239 g/mol. The lowest BCUT2D eigenvalue weighted by Gasteiger charge is -2.05. The maximum absolute atomic E-state index is 10.5. The molecule has 1 N–H and O–H groups in total. The maximum Gasteiger partial charge on any atom is 0.303 e. The van der Waals surface area contributed by atoms with E-state index in [1.807, 2.05) is 29.5 Å². The van der Waals surface area contributed by atoms with Crippen LogP contribution in [-0.4, -0.2) is 20.5 Å². The van der Waals surface area contributed by atoms with E-state index in [-0.39, 0.29) is 6.42 Å². The van der Waals surface area contributed by atoms with Crippen molar-refractivity contribution in [2.24, 2.45) is 0 Å². The molecule has 0 unspecified atom stereocenters. The van der Waals surface area contributed by atoms with Crippen molar-refractivity contribution in [3.63, 3.8) is 0 Å². The molecule has 2 aromatic rings. The third-order valence-corrected chi connectivity index (χ3v) is 2.74. The van der Waals surface area contributed by atoms with Crippen LogP contribution in [0.25, 0.3) is 5.52 Å². The van der Waals surface area contributed by atoms with E-state index in [1.54, 1.807) is 0 Å². The zero-order valence-electron chi connectivity index (χ0n) is 8.77. The minimum atomic E-state index is -0.805. The van der Waals surface area contributed by atoms with Gasteiger partial charge in [0.2, 0.25) is 0 Å². The van der Waals surface area contributed by atoms with Crippen LogP contribution in [0.2, 0.25) is 5.15 Å². The number of fused-ring (bicyclic) bond motifs is 1. The number of imidazole rings is 1. The number of hydrogen-bond donors (Lipinski definition) is 1. The van der Waals surface area contributed by atoms with E-state index < -0.39 is 5.97 Å². The Morgan fingerprint density at radius 3 is 3.00 bits per heavy atom. The first-order chi connectivity index (χ1) is 7.59. The Balaban J connectivity index is 2.48. The van der Waals surface area contributed by atoms with Gasteiger partial charge in [0.05, 0.1) is 11.9 Å². The van der Waals surface area contributed by atoms with Gasteiger partial charge in [0, 0.05) is 5.69 Å². The van der Waals surface area contributed by atoms with Crippen LogP contribution in [-0.2, 0) is 11.2 Å². The second-order valence-electron chi connectivity index (χ2n) is 3.58. The van der Waals surface area contributed by atoms with E-state index >= 15 is 0 Å². The molecular formula is C11H11ClN2O2. The van der Waals surface area contributed by atoms with Crippen LogP contribution in [0, 0.1) is 6.92 Å². The largest absolute Gasteiger partial charge is 0.481 e. The number of pyridine rings is 1. The van der Waals surface area contributed by atoms with Crippen molar-refractivity contribution in [2.45, 2.75) is 19.8 Å². The van der Waals surface area contributed by atoms with Gasteiger partial charge in [0.15, 0.2) is 5.15 Å². The quantitative estimate of drug-likeness (QED) is 0.893. The SMILES string of the molecule is Cc1nc(Cl)c2cccc(CCC(=O)O)n12. The summed E-state index contributed by atoms with van der Waals surface area (Å²) in [5.74, 6) is -0.0261. The minimum Gasteiger partial charge on any atom is -0.481 e. The summed E-state index contributed by atoms with van der Waals surface area (Å²) in [6, 6.07) is 5.62. The highest BCUT2D eigenvalue weighted by Crippen LogP contribution is 2.20. The van der Waals surface area contributed by atoms with Gasteiger partial charge in [-0.25, -0.2) is 4.98 Å². The van der Waals surface area contributed by atoms with Crippen molar-refractivity contribution >= 4 is 23.1 Å². The molecule has 0 radical (unpaired) electrons. The number of nitrogens with zero attached hydrogens (tertiary/aromatic N) is 2. The lowest BCUT2D eigenvalue weighted by atomic mass is 10.2. The molecule has 0 fully saturated rings. The number of carboxylic acid groups (broad SMARTS) is 1. The van der Waals surface area contributed by atoms with Crippen molar-refractivity contribution in [1.82, 2.24) is 9.38 Å². The van der Waals surface area contributed by atoms with Gasteiger partial charge >= 0.3 is 5.97 Å². The Labute approximate surface area is 97.5 Å². The van der Waals surface area contributed by atoms with E-state index in [0.717, 1.165) is 17.0 Å². The molecule has 2 heterocycles. The van der Waals surface area contributed by atoms with E-state index in [2.05, 4.69) is 4.98 Å². The molecule has 0 amide bonds. The lowest BCUT2D eigenvalue weighted by molar-refractivity contribution is -0.136. The van der Waals surface area contributed by atoms with Crippen LogP contribution in [0.3, 0.4) is 0 Å². The number of aryl methyl sites for hydroxylation is 2. The number of aromatic nitrogens is 2. The van der Waals surface area contributed by atoms with E-state index in [1.165, 1.54) is 0 Å². The highest BCUT2D eigenvalue weighted by atomic mass is 35.5. The third kappa shape index (κ3) is 1.88. The van der Waals surface area contributed by atoms with Crippen molar-refractivity contribution in [3.05, 3.63) is 34.9 Å². The molecule has 0 aliphatic rings. The van der Waals surface area contributed by atoms with E-state index in [9.17, 15) is 4.79 Å². The monoisotopic (exact) mass is 238 g/mol. The molecule has 0 atom stereocenters. The van der Waals surface area contributed by atoms with Crippen LogP contribution in [0.5, 0.6) is 0 Å². The van der Waals surface area contributed by atoms with Crippen molar-refractivity contribution < 1.29 is 9.90 Å². The van der Waals surface area contributed by atoms with Gasteiger partial charge in [0.1, 0.15) is 5.82 Å². The fourth-order valence-electron chi connectivity index (χ4n) is 1.78. The fraction of sp³-hybridized carbons (Fsp3) is 0.273. The van der Waals surface area contributed by atoms with Gasteiger partial charge in [0.25, 0.3) is 0 Å². The molecule has 84 valence electrons. The summed E-state index contributed by atoms with van der Waals surface area (Å²) in [5, 5.41) is 9.12. The van der Waals surface area contributed by atoms with Crippen LogP contribution in [0.4, 0.5) is 0 Å². The zero-order valence-corrected chi connectivity index (χ0v) is 9.53. The predicted molar refractivity (Wildman–Crippen MR) is 60.9 cm³/mol. The van der Waals surface area contributed by atoms with Crippen LogP contribution in [0.15, 0.2) is 18.2 Å². The number of halogens is 1. The molecule has 16 heavy (non-hydrogen) atoms. The highest BCUT2D eigenvalue weighted by Gasteiger charge is 2.09. The topological polar surface area (TPSA) is 54.6 Å². The third-order valence-electron chi connectivity index (χ3n) is 2.46. The molecule has 0 spiro atoms. The number of aliphatic carboxylic acids is 1. The van der Waals surface area contributed by atoms with Gasteiger partial charge in [-0.15, -0.1) is 0 Å². The molecule has 0 aliphatic heterocycles. The van der Waals surface area contributed by atoms with Gasteiger partial charge < -0.3 is 5.11 Å². The Morgan fingerprint density at radius 2 is 2.31 bits per heavy atom. The van der Waals surface area contributed by atoms with Gasteiger partial charge in [-0.1, -0.05) is 17.7 Å². The summed E-state index contributed by atoms with van der Waals surface area (Å²) in [7, 11) is 0. The molecular weight excluding hydrogens is 228 g/mol. The van der Waals surface area contributed by atoms with Gasteiger partial charge in [-0.05, 0) is 25.5 Å². The number of carbonyl (C=O) groups is 1. The maximum atomic E-state index is 10.5. The molecule has 2 rings (SSSR count). The van der Waals surface area contributed by atoms with Crippen molar-refractivity contribution in [1.29, 1.82) is 0 Å². The summed E-state index contributed by atoms with van der Waals surface area (Å²) in [5.41, 5.74) is 1.74. The Hall–Kier alpha value is -1.55. The van der Waals surface area contributed by atoms with Crippen LogP contribution >= 0.6 is 11.6 Å². The predicted octanol–water partition coefficient (Wildman–Crippen LogP) is 2.31. The Kier molecular flexibility index (Phi) is 2.83. The molecule has 4 nitrogen and oxygen atoms in total. The average Bonchev–Trinajstić information content (AvgIpc) is 2.52. The number of carboxylic acids is 1. The first-order valence-electron chi connectivity index (χ1n) is 4.94. The van der Waals surface area contributed by atoms with Gasteiger partial charge in [-0.3, -0.25) is 9.20 Å². The summed E-state index contributed by atoms with van der Waals surface area (Å²) in [6.45, 7) is 1.85. The Morgan fingerprint density at radius 1 is 1.56 bits per heavy atom. The molecule has 5 heteroatoms. The summed E-state index contributed by atoms with van der Waals surface area (Å²) < 4.78 is 1.89. The summed E-state index contributed by atoms with van der Waals surface area (Å²) in [6.07, 6.45) is 0.578. The smallest absolute Gasteiger partial charge is 0.303 e. The summed E-state index contributed by atoms with van der Waals surface area (Å²) >= 11 is 5.96. The van der Waals surface area contributed by atoms with E-state index in [4.69, 9.17) is 16.7 Å². The second-order valence-corrected chi connectivity index (χ2v) is 3.94. The molecule has 0 saturated heterocycles. The van der Waals surface area contributed by atoms with Crippen molar-refractivity contribution in [2.75, 3.05) is 0 Å². The molecule has 2 aromatic heterocycles. The molecule has 0 saturated carbocycles. The summed E-state index contributed by atoms with van der Waals surface area (Å²) in [4.78, 5) is 14.7. The number of hydrogen-bond acceptors (Lipinski definition) is 2. The first kappa shape index (κ1) is 11.0. The fourth-order valence-corrected chi connectivity index (χ4v) is 2.05. The first-order valence-corrected chi connectivity index (χ1v) is 5.31. The second kappa shape index (κ2) is 4.14. The minimum absolute atomic E-state index is 0.106. The Bertz CT molecular complexity index is 548. The van der Waals surface area contributed by atoms with Crippen molar-refractivity contribution in [3.8, 4) is 0 Å². The molecule has 0 bridgehead atoms. The standard InChI is InChI=1S/C11H11ClN2O2/c1-7-13-11(12)9-4-2-3-8(14(7)9)5-6-10(15)16/h2-4H,5-6H2,1H3,(H,15,16). The highest BCUT2D eigenvalue weighted by molar-refractivity contribution is 6.32. The normalized spacial score (nSPS) is 10.9. The van der Waals surface area contributed by atoms with Crippen LogP contribution in [0.1, 0.15) is 17.9 Å².